The van der Waals surface area contributed by atoms with Crippen LogP contribution in [0.2, 0.25) is 0 Å². The van der Waals surface area contributed by atoms with E-state index in [0.29, 0.717) is 6.42 Å². The van der Waals surface area contributed by atoms with Crippen LogP contribution in [0.15, 0.2) is 28.7 Å². The van der Waals surface area contributed by atoms with Crippen LogP contribution in [0, 0.1) is 17.2 Å². The van der Waals surface area contributed by atoms with Gasteiger partial charge in [-0.05, 0) is 31.0 Å². The van der Waals surface area contributed by atoms with Crippen molar-refractivity contribution < 1.29 is 5.11 Å². The Morgan fingerprint density at radius 3 is 2.50 bits per heavy atom. The van der Waals surface area contributed by atoms with E-state index in [1.54, 1.807) is 0 Å². The SMILES string of the molecule is CC(C#N)CC(O)c1ccc(Br)cc1. The van der Waals surface area contributed by atoms with Gasteiger partial charge >= 0.3 is 0 Å². The van der Waals surface area contributed by atoms with Gasteiger partial charge in [-0.1, -0.05) is 28.1 Å². The first-order chi connectivity index (χ1) is 6.63. The molecule has 0 heterocycles. The predicted octanol–water partition coefficient (Wildman–Crippen LogP) is 3.03. The van der Waals surface area contributed by atoms with E-state index >= 15 is 0 Å². The Morgan fingerprint density at radius 2 is 2.00 bits per heavy atom. The number of benzene rings is 1. The van der Waals surface area contributed by atoms with E-state index in [0.717, 1.165) is 10.0 Å². The van der Waals surface area contributed by atoms with Gasteiger partial charge < -0.3 is 5.11 Å². The molecular weight excluding hydrogens is 242 g/mol. The Hall–Kier alpha value is -0.850. The summed E-state index contributed by atoms with van der Waals surface area (Å²) in [5.41, 5.74) is 0.857. The van der Waals surface area contributed by atoms with Crippen LogP contribution in [0.5, 0.6) is 0 Å². The quantitative estimate of drug-likeness (QED) is 0.900. The number of rotatable bonds is 3. The van der Waals surface area contributed by atoms with Gasteiger partial charge in [0.2, 0.25) is 0 Å². The summed E-state index contributed by atoms with van der Waals surface area (Å²) in [4.78, 5) is 0. The highest BCUT2D eigenvalue weighted by Crippen LogP contribution is 2.22. The molecule has 0 saturated heterocycles. The highest BCUT2D eigenvalue weighted by molar-refractivity contribution is 9.10. The lowest BCUT2D eigenvalue weighted by Crippen LogP contribution is -2.02. The molecule has 3 heteroatoms. The average molecular weight is 254 g/mol. The van der Waals surface area contributed by atoms with Crippen molar-refractivity contribution in [2.24, 2.45) is 5.92 Å². The second-order valence-electron chi connectivity index (χ2n) is 3.33. The molecule has 0 aromatic heterocycles. The molecule has 2 nitrogen and oxygen atoms in total. The van der Waals surface area contributed by atoms with Gasteiger partial charge in [0, 0.05) is 10.4 Å². The van der Waals surface area contributed by atoms with Gasteiger partial charge in [0.05, 0.1) is 12.2 Å². The van der Waals surface area contributed by atoms with Crippen LogP contribution in [0.4, 0.5) is 0 Å². The molecular formula is C11H12BrNO. The third kappa shape index (κ3) is 3.13. The molecule has 0 radical (unpaired) electrons. The molecule has 1 aromatic rings. The van der Waals surface area contributed by atoms with Crippen molar-refractivity contribution in [3.63, 3.8) is 0 Å². The maximum atomic E-state index is 9.75. The largest absolute Gasteiger partial charge is 0.388 e. The van der Waals surface area contributed by atoms with Crippen LogP contribution < -0.4 is 0 Å². The van der Waals surface area contributed by atoms with Crippen molar-refractivity contribution in [1.82, 2.24) is 0 Å². The molecule has 1 rings (SSSR count). The van der Waals surface area contributed by atoms with Crippen LogP contribution in [-0.2, 0) is 0 Å². The Kier molecular flexibility index (Phi) is 4.12. The number of nitriles is 1. The average Bonchev–Trinajstić information content (AvgIpc) is 2.18. The first kappa shape index (κ1) is 11.2. The van der Waals surface area contributed by atoms with Crippen LogP contribution in [0.25, 0.3) is 0 Å². The van der Waals surface area contributed by atoms with Gasteiger partial charge in [-0.2, -0.15) is 5.26 Å². The van der Waals surface area contributed by atoms with Crippen molar-refractivity contribution in [3.05, 3.63) is 34.3 Å². The minimum atomic E-state index is -0.544. The number of hydrogen-bond donors (Lipinski definition) is 1. The molecule has 1 N–H and O–H groups in total. The number of nitrogens with zero attached hydrogens (tertiary/aromatic N) is 1. The summed E-state index contributed by atoms with van der Waals surface area (Å²) in [5.74, 6) is -0.117. The zero-order chi connectivity index (χ0) is 10.6. The highest BCUT2D eigenvalue weighted by atomic mass is 79.9. The van der Waals surface area contributed by atoms with Gasteiger partial charge in [0.1, 0.15) is 0 Å². The number of halogens is 1. The molecule has 0 fully saturated rings. The summed E-state index contributed by atoms with van der Waals surface area (Å²) >= 11 is 3.33. The highest BCUT2D eigenvalue weighted by Gasteiger charge is 2.11. The molecule has 0 bridgehead atoms. The molecule has 14 heavy (non-hydrogen) atoms. The lowest BCUT2D eigenvalue weighted by molar-refractivity contribution is 0.156. The van der Waals surface area contributed by atoms with E-state index in [-0.39, 0.29) is 5.92 Å². The first-order valence-electron chi connectivity index (χ1n) is 4.46. The summed E-state index contributed by atoms with van der Waals surface area (Å²) in [7, 11) is 0. The molecule has 0 aliphatic rings. The van der Waals surface area contributed by atoms with Crippen molar-refractivity contribution in [2.75, 3.05) is 0 Å². The second-order valence-corrected chi connectivity index (χ2v) is 4.25. The molecule has 0 amide bonds. The summed E-state index contributed by atoms with van der Waals surface area (Å²) < 4.78 is 0.988. The third-order valence-corrected chi connectivity index (χ3v) is 2.58. The van der Waals surface area contributed by atoms with Crippen LogP contribution in [-0.4, -0.2) is 5.11 Å². The molecule has 0 aliphatic carbocycles. The molecule has 1 aromatic carbocycles. The summed E-state index contributed by atoms with van der Waals surface area (Å²) in [6, 6.07) is 9.60. The van der Waals surface area contributed by atoms with Crippen molar-refractivity contribution in [1.29, 1.82) is 5.26 Å². The normalized spacial score (nSPS) is 14.4. The monoisotopic (exact) mass is 253 g/mol. The van der Waals surface area contributed by atoms with E-state index in [1.165, 1.54) is 0 Å². The Balaban J connectivity index is 2.66. The van der Waals surface area contributed by atoms with Gasteiger partial charge in [-0.3, -0.25) is 0 Å². The minimum Gasteiger partial charge on any atom is -0.388 e. The molecule has 74 valence electrons. The Bertz CT molecular complexity index is 328. The van der Waals surface area contributed by atoms with E-state index in [1.807, 2.05) is 31.2 Å². The summed E-state index contributed by atoms with van der Waals surface area (Å²) in [6.07, 6.45) is -0.0595. The van der Waals surface area contributed by atoms with E-state index < -0.39 is 6.10 Å². The zero-order valence-electron chi connectivity index (χ0n) is 7.94. The fourth-order valence-electron chi connectivity index (χ4n) is 1.21. The first-order valence-corrected chi connectivity index (χ1v) is 5.26. The number of hydrogen-bond acceptors (Lipinski definition) is 2. The van der Waals surface area contributed by atoms with Gasteiger partial charge in [-0.15, -0.1) is 0 Å². The summed E-state index contributed by atoms with van der Waals surface area (Å²) in [6.45, 7) is 1.81. The Morgan fingerprint density at radius 1 is 1.43 bits per heavy atom. The van der Waals surface area contributed by atoms with E-state index in [4.69, 9.17) is 5.26 Å². The lowest BCUT2D eigenvalue weighted by atomic mass is 9.99. The number of aliphatic hydroxyl groups excluding tert-OH is 1. The third-order valence-electron chi connectivity index (χ3n) is 2.05. The van der Waals surface area contributed by atoms with Crippen molar-refractivity contribution in [3.8, 4) is 6.07 Å². The fraction of sp³-hybridized carbons (Fsp3) is 0.364. The van der Waals surface area contributed by atoms with Crippen molar-refractivity contribution >= 4 is 15.9 Å². The standard InChI is InChI=1S/C11H12BrNO/c1-8(7-13)6-11(14)9-2-4-10(12)5-3-9/h2-5,8,11,14H,6H2,1H3. The molecule has 2 atom stereocenters. The topological polar surface area (TPSA) is 44.0 Å². The molecule has 0 spiro atoms. The Labute approximate surface area is 92.3 Å². The van der Waals surface area contributed by atoms with Gasteiger partial charge in [0.25, 0.3) is 0 Å². The van der Waals surface area contributed by atoms with Crippen LogP contribution >= 0.6 is 15.9 Å². The minimum absolute atomic E-state index is 0.117. The van der Waals surface area contributed by atoms with Gasteiger partial charge in [0.15, 0.2) is 0 Å². The second kappa shape index (κ2) is 5.14. The zero-order valence-corrected chi connectivity index (χ0v) is 9.53. The predicted molar refractivity (Wildman–Crippen MR) is 58.5 cm³/mol. The molecule has 0 saturated carbocycles. The van der Waals surface area contributed by atoms with E-state index in [2.05, 4.69) is 22.0 Å². The summed E-state index contributed by atoms with van der Waals surface area (Å²) in [5, 5.41) is 18.4. The fourth-order valence-corrected chi connectivity index (χ4v) is 1.47. The maximum Gasteiger partial charge on any atom is 0.0802 e. The molecule has 0 aliphatic heterocycles. The number of aliphatic hydroxyl groups is 1. The van der Waals surface area contributed by atoms with Crippen LogP contribution in [0.3, 0.4) is 0 Å². The van der Waals surface area contributed by atoms with Crippen molar-refractivity contribution in [2.45, 2.75) is 19.4 Å². The van der Waals surface area contributed by atoms with Crippen LogP contribution in [0.1, 0.15) is 25.0 Å². The molecule has 2 unspecified atom stereocenters. The lowest BCUT2D eigenvalue weighted by Gasteiger charge is -2.11. The van der Waals surface area contributed by atoms with Gasteiger partial charge in [-0.25, -0.2) is 0 Å². The van der Waals surface area contributed by atoms with E-state index in [9.17, 15) is 5.11 Å². The smallest absolute Gasteiger partial charge is 0.0802 e. The maximum absolute atomic E-state index is 9.75.